The molecule has 0 atom stereocenters. The molecule has 0 unspecified atom stereocenters. The molecule has 0 spiro atoms. The second kappa shape index (κ2) is 12.2. The minimum absolute atomic E-state index is 0.597. The molecule has 9 rings (SSSR count). The number of aromatic nitrogens is 1. The Hall–Kier alpha value is -6.65. The van der Waals surface area contributed by atoms with Crippen molar-refractivity contribution in [3.05, 3.63) is 188 Å². The molecule has 4 nitrogen and oxygen atoms in total. The van der Waals surface area contributed by atoms with Gasteiger partial charge in [-0.15, -0.1) is 0 Å². The summed E-state index contributed by atoms with van der Waals surface area (Å²) < 4.78 is 6.63. The number of para-hydroxylation sites is 3. The van der Waals surface area contributed by atoms with E-state index >= 15 is 0 Å². The molecule has 8 aromatic carbocycles. The molecule has 0 saturated heterocycles. The molecule has 0 fully saturated rings. The van der Waals surface area contributed by atoms with E-state index in [-0.39, 0.29) is 0 Å². The number of nitrogens with zero attached hydrogens (tertiary/aromatic N) is 3. The number of oxazole rings is 1. The van der Waals surface area contributed by atoms with Gasteiger partial charge in [-0.3, -0.25) is 0 Å². The van der Waals surface area contributed by atoms with Crippen molar-refractivity contribution in [2.45, 2.75) is 0 Å². The molecule has 0 radical (unpaired) electrons. The molecule has 0 amide bonds. The third-order valence-electron chi connectivity index (χ3n) is 9.01. The van der Waals surface area contributed by atoms with Crippen molar-refractivity contribution >= 4 is 66.8 Å². The summed E-state index contributed by atoms with van der Waals surface area (Å²) >= 11 is 0. The van der Waals surface area contributed by atoms with E-state index in [1.54, 1.807) is 0 Å². The summed E-state index contributed by atoms with van der Waals surface area (Å²) in [5.74, 6) is 0.597. The average molecular weight is 630 g/mol. The van der Waals surface area contributed by atoms with Crippen LogP contribution in [-0.4, -0.2) is 4.98 Å². The Labute approximate surface area is 284 Å². The fourth-order valence-electron chi connectivity index (χ4n) is 6.82. The van der Waals surface area contributed by atoms with Gasteiger partial charge < -0.3 is 14.2 Å². The zero-order chi connectivity index (χ0) is 32.6. The van der Waals surface area contributed by atoms with E-state index < -0.39 is 0 Å². The Bertz CT molecular complexity index is 2450. The Morgan fingerprint density at radius 1 is 0.347 bits per heavy atom. The van der Waals surface area contributed by atoms with Crippen LogP contribution in [0.15, 0.2) is 192 Å². The van der Waals surface area contributed by atoms with Crippen LogP contribution < -0.4 is 9.80 Å². The van der Waals surface area contributed by atoms with Crippen LogP contribution in [0.1, 0.15) is 0 Å². The van der Waals surface area contributed by atoms with Gasteiger partial charge in [0.25, 0.3) is 0 Å². The second-order valence-electron chi connectivity index (χ2n) is 12.0. The SMILES string of the molecule is c1ccc(N(c2ccccc2)c2cccc(N(c3ccccc3)c3cccc(-c4nc5c6ccccc6c6ccccc6c5o4)c3)c2)cc1. The average Bonchev–Trinajstić information content (AvgIpc) is 3.63. The predicted octanol–water partition coefficient (Wildman–Crippen LogP) is 12.7. The van der Waals surface area contributed by atoms with Gasteiger partial charge in [-0.2, -0.15) is 0 Å². The van der Waals surface area contributed by atoms with Crippen LogP contribution in [0.3, 0.4) is 0 Å². The molecule has 0 saturated carbocycles. The topological polar surface area (TPSA) is 32.5 Å². The summed E-state index contributed by atoms with van der Waals surface area (Å²) in [5.41, 5.74) is 8.94. The van der Waals surface area contributed by atoms with Crippen LogP contribution >= 0.6 is 0 Å². The number of benzene rings is 8. The van der Waals surface area contributed by atoms with Gasteiger partial charge in [0.15, 0.2) is 5.58 Å². The van der Waals surface area contributed by atoms with Gasteiger partial charge in [-0.05, 0) is 83.6 Å². The lowest BCUT2D eigenvalue weighted by atomic mass is 10.0. The standard InChI is InChI=1S/C45H31N3O/c1-4-17-33(18-5-1)47(34-19-6-2-7-20-34)37-24-15-25-38(31-37)48(35-21-8-3-9-22-35)36-23-14-16-32(30-36)45-46-43-41-28-12-10-26-39(41)40-27-11-13-29-42(40)44(43)49-45/h1-31H. The molecule has 0 aliphatic heterocycles. The lowest BCUT2D eigenvalue weighted by molar-refractivity contribution is 0.623. The molecule has 4 heteroatoms. The van der Waals surface area contributed by atoms with Crippen LogP contribution in [0.25, 0.3) is 44.1 Å². The first-order chi connectivity index (χ1) is 24.3. The van der Waals surface area contributed by atoms with Gasteiger partial charge >= 0.3 is 0 Å². The summed E-state index contributed by atoms with van der Waals surface area (Å²) in [6.45, 7) is 0. The van der Waals surface area contributed by atoms with E-state index in [1.807, 2.05) is 6.07 Å². The van der Waals surface area contributed by atoms with Crippen LogP contribution in [0.4, 0.5) is 34.1 Å². The lowest BCUT2D eigenvalue weighted by Gasteiger charge is -2.29. The first kappa shape index (κ1) is 28.6. The van der Waals surface area contributed by atoms with Crippen molar-refractivity contribution in [3.8, 4) is 11.5 Å². The molecule has 1 aromatic heterocycles. The zero-order valence-corrected chi connectivity index (χ0v) is 26.6. The van der Waals surface area contributed by atoms with E-state index in [2.05, 4.69) is 192 Å². The fraction of sp³-hybridized carbons (Fsp3) is 0. The maximum atomic E-state index is 6.63. The molecule has 0 aliphatic rings. The molecule has 9 aromatic rings. The molecule has 232 valence electrons. The van der Waals surface area contributed by atoms with Crippen molar-refractivity contribution in [1.29, 1.82) is 0 Å². The normalized spacial score (nSPS) is 11.3. The van der Waals surface area contributed by atoms with Gasteiger partial charge in [-0.1, -0.05) is 115 Å². The Kier molecular flexibility index (Phi) is 7.10. The lowest BCUT2D eigenvalue weighted by Crippen LogP contribution is -2.13. The molecule has 0 bridgehead atoms. The molecule has 0 N–H and O–H groups in total. The second-order valence-corrected chi connectivity index (χ2v) is 12.0. The Morgan fingerprint density at radius 3 is 1.33 bits per heavy atom. The summed E-state index contributed by atoms with van der Waals surface area (Å²) in [5, 5.41) is 4.49. The highest BCUT2D eigenvalue weighted by Crippen LogP contribution is 2.42. The summed E-state index contributed by atoms with van der Waals surface area (Å²) in [6, 6.07) is 65.5. The monoisotopic (exact) mass is 629 g/mol. The van der Waals surface area contributed by atoms with E-state index in [0.29, 0.717) is 5.89 Å². The first-order valence-electron chi connectivity index (χ1n) is 16.5. The number of anilines is 6. The largest absolute Gasteiger partial charge is 0.435 e. The number of fused-ring (bicyclic) bond motifs is 6. The number of hydrogen-bond donors (Lipinski definition) is 0. The minimum Gasteiger partial charge on any atom is -0.435 e. The maximum absolute atomic E-state index is 6.63. The van der Waals surface area contributed by atoms with Crippen molar-refractivity contribution in [3.63, 3.8) is 0 Å². The Morgan fingerprint density at radius 2 is 0.755 bits per heavy atom. The van der Waals surface area contributed by atoms with Gasteiger partial charge in [0, 0.05) is 50.5 Å². The van der Waals surface area contributed by atoms with E-state index in [0.717, 1.165) is 66.9 Å². The van der Waals surface area contributed by atoms with E-state index in [1.165, 1.54) is 5.39 Å². The van der Waals surface area contributed by atoms with E-state index in [9.17, 15) is 0 Å². The van der Waals surface area contributed by atoms with Crippen molar-refractivity contribution in [2.75, 3.05) is 9.80 Å². The third-order valence-corrected chi connectivity index (χ3v) is 9.01. The van der Waals surface area contributed by atoms with Crippen LogP contribution in [-0.2, 0) is 0 Å². The number of hydrogen-bond acceptors (Lipinski definition) is 4. The number of rotatable bonds is 7. The van der Waals surface area contributed by atoms with Crippen molar-refractivity contribution < 1.29 is 4.42 Å². The molecular weight excluding hydrogens is 599 g/mol. The molecule has 1 heterocycles. The highest BCUT2D eigenvalue weighted by molar-refractivity contribution is 6.22. The fourth-order valence-corrected chi connectivity index (χ4v) is 6.82. The third kappa shape index (κ3) is 5.16. The van der Waals surface area contributed by atoms with Gasteiger partial charge in [0.05, 0.1) is 0 Å². The van der Waals surface area contributed by atoms with Gasteiger partial charge in [0.2, 0.25) is 5.89 Å². The zero-order valence-electron chi connectivity index (χ0n) is 26.6. The highest BCUT2D eigenvalue weighted by Gasteiger charge is 2.20. The van der Waals surface area contributed by atoms with Gasteiger partial charge in [-0.25, -0.2) is 4.98 Å². The van der Waals surface area contributed by atoms with Crippen LogP contribution in [0, 0.1) is 0 Å². The minimum atomic E-state index is 0.597. The van der Waals surface area contributed by atoms with E-state index in [4.69, 9.17) is 9.40 Å². The first-order valence-corrected chi connectivity index (χ1v) is 16.5. The van der Waals surface area contributed by atoms with Crippen molar-refractivity contribution in [1.82, 2.24) is 4.98 Å². The molecule has 49 heavy (non-hydrogen) atoms. The summed E-state index contributed by atoms with van der Waals surface area (Å²) in [7, 11) is 0. The quantitative estimate of drug-likeness (QED) is 0.164. The maximum Gasteiger partial charge on any atom is 0.227 e. The Balaban J connectivity index is 1.19. The van der Waals surface area contributed by atoms with Crippen LogP contribution in [0.5, 0.6) is 0 Å². The van der Waals surface area contributed by atoms with Crippen molar-refractivity contribution in [2.24, 2.45) is 0 Å². The predicted molar refractivity (Wildman–Crippen MR) is 204 cm³/mol. The summed E-state index contributed by atoms with van der Waals surface area (Å²) in [4.78, 5) is 9.69. The molecule has 0 aliphatic carbocycles. The smallest absolute Gasteiger partial charge is 0.227 e. The molecular formula is C45H31N3O. The van der Waals surface area contributed by atoms with Gasteiger partial charge in [0.1, 0.15) is 5.52 Å². The summed E-state index contributed by atoms with van der Waals surface area (Å²) in [6.07, 6.45) is 0. The van der Waals surface area contributed by atoms with Crippen LogP contribution in [0.2, 0.25) is 0 Å². The highest BCUT2D eigenvalue weighted by atomic mass is 16.3.